The fourth-order valence-electron chi connectivity index (χ4n) is 6.36. The third kappa shape index (κ3) is 4.80. The molecule has 0 aliphatic rings. The summed E-state index contributed by atoms with van der Waals surface area (Å²) >= 11 is 0. The number of benzene rings is 4. The minimum absolute atomic E-state index is 0. The van der Waals surface area contributed by atoms with E-state index >= 15 is 0 Å². The maximum Gasteiger partial charge on any atom is 2.00 e. The summed E-state index contributed by atoms with van der Waals surface area (Å²) in [6, 6.07) is 43.1. The summed E-state index contributed by atoms with van der Waals surface area (Å²) in [5.74, 6) is 0.829. The molecule has 0 bridgehead atoms. The molecule has 5 heteroatoms. The van der Waals surface area contributed by atoms with E-state index in [9.17, 15) is 0 Å². The van der Waals surface area contributed by atoms with Crippen LogP contribution in [0.15, 0.2) is 103 Å². The molecule has 0 aliphatic heterocycles. The fraction of sp³-hybridized carbons (Fsp3) is 0.150. The smallest absolute Gasteiger partial charge is 0.318 e. The maximum absolute atomic E-state index is 5.52. The van der Waals surface area contributed by atoms with Crippen LogP contribution in [-0.4, -0.2) is 19.1 Å². The molecule has 0 saturated carbocycles. The first-order valence-corrected chi connectivity index (χ1v) is 15.1. The average molecular weight is 764 g/mol. The SMILES string of the molecule is Cc1ccc2c(c1)c1cc3c4cc(C)ccc4n(-c4cccc(-c5[c-]cccc5)n4)c3nc1n2-c1[c-]ccc(C(C)(C)C)c1.[Pt+2]. The molecule has 0 aliphatic carbocycles. The first-order valence-electron chi connectivity index (χ1n) is 15.1. The second-order valence-electron chi connectivity index (χ2n) is 12.8. The number of pyridine rings is 2. The van der Waals surface area contributed by atoms with E-state index in [1.165, 1.54) is 27.5 Å². The van der Waals surface area contributed by atoms with E-state index in [0.717, 1.165) is 55.9 Å². The Morgan fingerprint density at radius 2 is 1.29 bits per heavy atom. The normalized spacial score (nSPS) is 11.9. The summed E-state index contributed by atoms with van der Waals surface area (Å²) in [6.45, 7) is 11.0. The Morgan fingerprint density at radius 3 is 1.96 bits per heavy atom. The predicted octanol–water partition coefficient (Wildman–Crippen LogP) is 9.85. The molecule has 4 nitrogen and oxygen atoms in total. The van der Waals surface area contributed by atoms with E-state index in [0.29, 0.717) is 0 Å². The van der Waals surface area contributed by atoms with Gasteiger partial charge in [0.15, 0.2) is 0 Å². The van der Waals surface area contributed by atoms with Crippen molar-refractivity contribution in [2.75, 3.05) is 0 Å². The molecular formula is C40H32N4Pt. The van der Waals surface area contributed by atoms with Crippen molar-refractivity contribution in [3.8, 4) is 22.8 Å². The zero-order chi connectivity index (χ0) is 30.2. The van der Waals surface area contributed by atoms with Gasteiger partial charge in [-0.2, -0.15) is 23.8 Å². The van der Waals surface area contributed by atoms with Gasteiger partial charge >= 0.3 is 21.1 Å². The van der Waals surface area contributed by atoms with Gasteiger partial charge in [0.25, 0.3) is 0 Å². The molecule has 8 aromatic rings. The minimum atomic E-state index is 0. The van der Waals surface area contributed by atoms with E-state index in [-0.39, 0.29) is 26.5 Å². The largest absolute Gasteiger partial charge is 2.00 e. The summed E-state index contributed by atoms with van der Waals surface area (Å²) in [5, 5.41) is 4.61. The third-order valence-electron chi connectivity index (χ3n) is 8.61. The Hall–Kier alpha value is -4.53. The molecule has 0 fully saturated rings. The molecule has 0 unspecified atom stereocenters. The molecule has 0 amide bonds. The van der Waals surface area contributed by atoms with E-state index in [2.05, 4.69) is 123 Å². The standard InChI is InChI=1S/C40H32N4.Pt/c1-25-17-19-35-30(21-25)32-24-33-31-22-26(2)18-20-36(31)44(37-16-10-15-34(41-37)27-11-7-6-8-12-27)39(33)42-38(32)43(35)29-14-9-13-28(23-29)40(3,4)5;/h6-11,13,15-24H,1-5H3;/q-2;+2. The topological polar surface area (TPSA) is 35.6 Å². The Labute approximate surface area is 277 Å². The second kappa shape index (κ2) is 10.8. The van der Waals surface area contributed by atoms with Gasteiger partial charge in [-0.1, -0.05) is 61.9 Å². The van der Waals surface area contributed by atoms with Crippen molar-refractivity contribution in [2.24, 2.45) is 0 Å². The van der Waals surface area contributed by atoms with Crippen molar-refractivity contribution in [3.63, 3.8) is 0 Å². The molecule has 0 saturated heterocycles. The van der Waals surface area contributed by atoms with Crippen molar-refractivity contribution in [2.45, 2.75) is 40.0 Å². The molecule has 0 atom stereocenters. The number of fused-ring (bicyclic) bond motifs is 6. The monoisotopic (exact) mass is 763 g/mol. The van der Waals surface area contributed by atoms with Crippen LogP contribution in [0.4, 0.5) is 0 Å². The molecule has 8 rings (SSSR count). The van der Waals surface area contributed by atoms with Gasteiger partial charge < -0.3 is 4.57 Å². The van der Waals surface area contributed by atoms with Gasteiger partial charge in [-0.3, -0.25) is 9.55 Å². The van der Waals surface area contributed by atoms with E-state index in [1.54, 1.807) is 0 Å². The van der Waals surface area contributed by atoms with Crippen LogP contribution in [0.2, 0.25) is 0 Å². The molecule has 4 heterocycles. The fourth-order valence-corrected chi connectivity index (χ4v) is 6.36. The average Bonchev–Trinajstić information content (AvgIpc) is 3.51. The molecule has 45 heavy (non-hydrogen) atoms. The van der Waals surface area contributed by atoms with Gasteiger partial charge in [0.05, 0.1) is 11.0 Å². The van der Waals surface area contributed by atoms with Crippen molar-refractivity contribution in [1.29, 1.82) is 0 Å². The van der Waals surface area contributed by atoms with Crippen molar-refractivity contribution >= 4 is 43.9 Å². The van der Waals surface area contributed by atoms with Gasteiger partial charge in [0.2, 0.25) is 0 Å². The van der Waals surface area contributed by atoms with Gasteiger partial charge in [-0.25, -0.2) is 4.98 Å². The third-order valence-corrected chi connectivity index (χ3v) is 8.61. The molecule has 0 spiro atoms. The molecule has 4 aromatic heterocycles. The van der Waals surface area contributed by atoms with E-state index in [1.807, 2.05) is 36.4 Å². The first kappa shape index (κ1) is 29.2. The molecule has 0 radical (unpaired) electrons. The van der Waals surface area contributed by atoms with Crippen LogP contribution >= 0.6 is 0 Å². The number of hydrogen-bond donors (Lipinski definition) is 0. The van der Waals surface area contributed by atoms with E-state index in [4.69, 9.17) is 9.97 Å². The number of aromatic nitrogens is 4. The van der Waals surface area contributed by atoms with Crippen molar-refractivity contribution in [3.05, 3.63) is 132 Å². The van der Waals surface area contributed by atoms with Gasteiger partial charge in [0.1, 0.15) is 17.1 Å². The number of hydrogen-bond acceptors (Lipinski definition) is 2. The van der Waals surface area contributed by atoms with Crippen molar-refractivity contribution in [1.82, 2.24) is 19.1 Å². The Balaban J connectivity index is 0.00000325. The Bertz CT molecular complexity index is 2390. The predicted molar refractivity (Wildman–Crippen MR) is 182 cm³/mol. The molecule has 222 valence electrons. The first-order chi connectivity index (χ1) is 21.3. The van der Waals surface area contributed by atoms with Crippen LogP contribution in [0.3, 0.4) is 0 Å². The second-order valence-corrected chi connectivity index (χ2v) is 12.8. The summed E-state index contributed by atoms with van der Waals surface area (Å²) < 4.78 is 4.48. The van der Waals surface area contributed by atoms with Crippen LogP contribution in [0, 0.1) is 26.0 Å². The zero-order valence-corrected chi connectivity index (χ0v) is 28.2. The van der Waals surface area contributed by atoms with Gasteiger partial charge in [-0.05, 0) is 61.4 Å². The number of nitrogens with zero attached hydrogens (tertiary/aromatic N) is 4. The molecular weight excluding hydrogens is 732 g/mol. The summed E-state index contributed by atoms with van der Waals surface area (Å²) in [7, 11) is 0. The van der Waals surface area contributed by atoms with Crippen molar-refractivity contribution < 1.29 is 21.1 Å². The van der Waals surface area contributed by atoms with E-state index < -0.39 is 0 Å². The molecule has 0 N–H and O–H groups in total. The van der Waals surface area contributed by atoms with Crippen LogP contribution in [0.5, 0.6) is 0 Å². The number of rotatable bonds is 3. The molecule has 4 aromatic carbocycles. The summed E-state index contributed by atoms with van der Waals surface area (Å²) in [4.78, 5) is 10.7. The summed E-state index contributed by atoms with van der Waals surface area (Å²) in [6.07, 6.45) is 0. The zero-order valence-electron chi connectivity index (χ0n) is 25.9. The Morgan fingerprint density at radius 1 is 0.600 bits per heavy atom. The maximum atomic E-state index is 5.52. The summed E-state index contributed by atoms with van der Waals surface area (Å²) in [5.41, 5.74) is 10.5. The number of aryl methyl sites for hydroxylation is 2. The van der Waals surface area contributed by atoms with Crippen LogP contribution in [-0.2, 0) is 26.5 Å². The van der Waals surface area contributed by atoms with Gasteiger partial charge in [0, 0.05) is 21.5 Å². The van der Waals surface area contributed by atoms with Gasteiger partial charge in [-0.15, -0.1) is 42.0 Å². The van der Waals surface area contributed by atoms with Crippen LogP contribution in [0.1, 0.15) is 37.5 Å². The Kier molecular flexibility index (Phi) is 7.02. The van der Waals surface area contributed by atoms with Crippen LogP contribution in [0.25, 0.3) is 66.6 Å². The minimum Gasteiger partial charge on any atom is -0.318 e. The van der Waals surface area contributed by atoms with Crippen LogP contribution < -0.4 is 0 Å². The quantitative estimate of drug-likeness (QED) is 0.168.